The minimum Gasteiger partial charge on any atom is -0.493 e. The van der Waals surface area contributed by atoms with Crippen molar-refractivity contribution in [2.24, 2.45) is 0 Å². The van der Waals surface area contributed by atoms with Crippen molar-refractivity contribution in [3.05, 3.63) is 21.3 Å². The molecule has 0 spiro atoms. The van der Waals surface area contributed by atoms with Crippen molar-refractivity contribution in [1.82, 2.24) is 5.32 Å². The van der Waals surface area contributed by atoms with E-state index in [1.807, 2.05) is 22.6 Å². The maximum absolute atomic E-state index is 12.5. The van der Waals surface area contributed by atoms with Gasteiger partial charge in [-0.15, -0.1) is 0 Å². The number of halogens is 4. The van der Waals surface area contributed by atoms with E-state index in [4.69, 9.17) is 14.2 Å². The van der Waals surface area contributed by atoms with Crippen LogP contribution < -0.4 is 14.8 Å². The van der Waals surface area contributed by atoms with Crippen LogP contribution >= 0.6 is 22.6 Å². The van der Waals surface area contributed by atoms with Gasteiger partial charge in [-0.05, 0) is 47.2 Å². The molecule has 1 atom stereocenters. The predicted octanol–water partition coefficient (Wildman–Crippen LogP) is 2.46. The summed E-state index contributed by atoms with van der Waals surface area (Å²) in [6, 6.07) is 1.66. The summed E-state index contributed by atoms with van der Waals surface area (Å²) in [5, 5.41) is 1.67. The molecule has 0 aliphatic rings. The van der Waals surface area contributed by atoms with Crippen LogP contribution in [0.5, 0.6) is 11.5 Å². The molecule has 0 bridgehead atoms. The molecule has 0 aliphatic carbocycles. The first kappa shape index (κ1) is 21.3. The third kappa shape index (κ3) is 5.94. The molecule has 0 aliphatic heterocycles. The van der Waals surface area contributed by atoms with Gasteiger partial charge in [0, 0.05) is 9.99 Å². The van der Waals surface area contributed by atoms with Gasteiger partial charge in [0.1, 0.15) is 6.04 Å². The number of benzene rings is 1. The molecule has 0 saturated heterocycles. The van der Waals surface area contributed by atoms with Crippen molar-refractivity contribution in [3.63, 3.8) is 0 Å². The molecule has 6 nitrogen and oxygen atoms in total. The van der Waals surface area contributed by atoms with Crippen LogP contribution in [-0.4, -0.2) is 44.9 Å². The minimum atomic E-state index is -5.10. The van der Waals surface area contributed by atoms with Crippen LogP contribution in [0.2, 0.25) is 0 Å². The summed E-state index contributed by atoms with van der Waals surface area (Å²) in [6.45, 7) is 1.49. The van der Waals surface area contributed by atoms with E-state index in [9.17, 15) is 22.8 Å². The number of alkyl halides is 3. The zero-order chi connectivity index (χ0) is 19.2. The van der Waals surface area contributed by atoms with Crippen LogP contribution in [0.25, 0.3) is 0 Å². The van der Waals surface area contributed by atoms with E-state index in [2.05, 4.69) is 0 Å². The molecule has 0 fully saturated rings. The lowest BCUT2D eigenvalue weighted by Crippen LogP contribution is -2.48. The molecule has 10 heteroatoms. The monoisotopic (exact) mass is 475 g/mol. The Kier molecular flexibility index (Phi) is 7.77. The Morgan fingerprint density at radius 1 is 1.20 bits per heavy atom. The van der Waals surface area contributed by atoms with Gasteiger partial charge in [-0.1, -0.05) is 0 Å². The minimum absolute atomic E-state index is 0.0275. The van der Waals surface area contributed by atoms with E-state index in [1.165, 1.54) is 27.2 Å². The fraction of sp³-hybridized carbons (Fsp3) is 0.467. The Morgan fingerprint density at radius 3 is 2.24 bits per heavy atom. The summed E-state index contributed by atoms with van der Waals surface area (Å²) in [5.41, 5.74) is 0.499. The molecule has 1 N–H and O–H groups in total. The first-order valence-electron chi connectivity index (χ1n) is 7.08. The van der Waals surface area contributed by atoms with Gasteiger partial charge < -0.3 is 19.5 Å². The lowest BCUT2D eigenvalue weighted by atomic mass is 10.0. The largest absolute Gasteiger partial charge is 0.493 e. The summed E-state index contributed by atoms with van der Waals surface area (Å²) >= 11 is 1.95. The van der Waals surface area contributed by atoms with Gasteiger partial charge in [0.2, 0.25) is 0 Å². The second-order valence-corrected chi connectivity index (χ2v) is 5.94. The summed E-state index contributed by atoms with van der Waals surface area (Å²) in [6.07, 6.45) is -5.30. The molecule has 0 heterocycles. The molecule has 1 unspecified atom stereocenters. The third-order valence-corrected chi connectivity index (χ3v) is 4.11. The molecule has 0 aromatic heterocycles. The number of hydrogen-bond donors (Lipinski definition) is 1. The maximum atomic E-state index is 12.5. The number of nitrogens with one attached hydrogen (secondary N) is 1. The van der Waals surface area contributed by atoms with Gasteiger partial charge in [-0.3, -0.25) is 4.79 Å². The highest BCUT2D eigenvalue weighted by atomic mass is 127. The summed E-state index contributed by atoms with van der Waals surface area (Å²) < 4.78 is 53.1. The van der Waals surface area contributed by atoms with Gasteiger partial charge in [-0.25, -0.2) is 4.79 Å². The number of methoxy groups -OCH3 is 2. The first-order valence-corrected chi connectivity index (χ1v) is 8.16. The average Bonchev–Trinajstić information content (AvgIpc) is 2.54. The van der Waals surface area contributed by atoms with Gasteiger partial charge in [0.15, 0.2) is 11.5 Å². The zero-order valence-corrected chi connectivity index (χ0v) is 15.9. The number of amides is 1. The summed E-state index contributed by atoms with van der Waals surface area (Å²) in [5.74, 6) is -2.38. The van der Waals surface area contributed by atoms with E-state index in [1.54, 1.807) is 11.4 Å². The standard InChI is InChI=1S/C15H17F3INO5/c1-4-25-13(21)10(20-14(22)15(16,17)18)5-8-6-11(23-2)12(24-3)7-9(8)19/h6-7,10H,4-5H2,1-3H3,(H,20,22). The fourth-order valence-corrected chi connectivity index (χ4v) is 2.61. The molecule has 0 radical (unpaired) electrons. The molecule has 1 aromatic carbocycles. The van der Waals surface area contributed by atoms with Crippen LogP contribution in [-0.2, 0) is 20.7 Å². The molecule has 140 valence electrons. The lowest BCUT2D eigenvalue weighted by molar-refractivity contribution is -0.175. The summed E-state index contributed by atoms with van der Waals surface area (Å²) in [4.78, 5) is 23.1. The van der Waals surface area contributed by atoms with Crippen LogP contribution in [0, 0.1) is 3.57 Å². The lowest BCUT2D eigenvalue weighted by Gasteiger charge is -2.19. The number of hydrogen-bond acceptors (Lipinski definition) is 5. The van der Waals surface area contributed by atoms with Crippen molar-refractivity contribution in [2.45, 2.75) is 25.6 Å². The zero-order valence-electron chi connectivity index (χ0n) is 13.7. The van der Waals surface area contributed by atoms with Crippen LogP contribution in [0.3, 0.4) is 0 Å². The Morgan fingerprint density at radius 2 is 1.76 bits per heavy atom. The highest BCUT2D eigenvalue weighted by Crippen LogP contribution is 2.32. The number of rotatable bonds is 7. The van der Waals surface area contributed by atoms with Crippen LogP contribution in [0.4, 0.5) is 13.2 Å². The van der Waals surface area contributed by atoms with Gasteiger partial charge in [-0.2, -0.15) is 13.2 Å². The van der Waals surface area contributed by atoms with Gasteiger partial charge in [0.05, 0.1) is 20.8 Å². The Bertz CT molecular complexity index is 636. The van der Waals surface area contributed by atoms with Gasteiger partial charge in [0.25, 0.3) is 0 Å². The molecular weight excluding hydrogens is 458 g/mol. The van der Waals surface area contributed by atoms with E-state index < -0.39 is 24.1 Å². The van der Waals surface area contributed by atoms with E-state index in [0.717, 1.165) is 0 Å². The predicted molar refractivity (Wildman–Crippen MR) is 90.6 cm³/mol. The van der Waals surface area contributed by atoms with E-state index in [0.29, 0.717) is 20.6 Å². The quantitative estimate of drug-likeness (QED) is 0.485. The van der Waals surface area contributed by atoms with E-state index in [-0.39, 0.29) is 13.0 Å². The number of esters is 1. The van der Waals surface area contributed by atoms with Crippen LogP contribution in [0.15, 0.2) is 12.1 Å². The smallest absolute Gasteiger partial charge is 0.471 e. The SMILES string of the molecule is CCOC(=O)C(Cc1cc(OC)c(OC)cc1I)NC(=O)C(F)(F)F. The number of ether oxygens (including phenoxy) is 3. The third-order valence-electron chi connectivity index (χ3n) is 3.11. The first-order chi connectivity index (χ1) is 11.6. The topological polar surface area (TPSA) is 73.9 Å². The highest BCUT2D eigenvalue weighted by molar-refractivity contribution is 14.1. The molecule has 1 rings (SSSR count). The molecule has 0 saturated carbocycles. The van der Waals surface area contributed by atoms with Crippen molar-refractivity contribution < 1.29 is 37.0 Å². The fourth-order valence-electron chi connectivity index (χ4n) is 1.95. The van der Waals surface area contributed by atoms with Crippen LogP contribution in [0.1, 0.15) is 12.5 Å². The second kappa shape index (κ2) is 9.11. The van der Waals surface area contributed by atoms with Crippen molar-refractivity contribution in [3.8, 4) is 11.5 Å². The molecule has 1 amide bonds. The second-order valence-electron chi connectivity index (χ2n) is 4.78. The normalized spacial score (nSPS) is 12.3. The van der Waals surface area contributed by atoms with Crippen molar-refractivity contribution >= 4 is 34.5 Å². The van der Waals surface area contributed by atoms with Gasteiger partial charge >= 0.3 is 18.1 Å². The molecular formula is C15H17F3INO5. The van der Waals surface area contributed by atoms with E-state index >= 15 is 0 Å². The van der Waals surface area contributed by atoms with Crippen molar-refractivity contribution in [2.75, 3.05) is 20.8 Å². The number of carbonyl (C=O) groups excluding carboxylic acids is 2. The number of carbonyl (C=O) groups is 2. The maximum Gasteiger partial charge on any atom is 0.471 e. The Labute approximate surface area is 156 Å². The Balaban J connectivity index is 3.12. The molecule has 1 aromatic rings. The molecule has 25 heavy (non-hydrogen) atoms. The van der Waals surface area contributed by atoms with Crippen molar-refractivity contribution in [1.29, 1.82) is 0 Å². The average molecular weight is 475 g/mol. The highest BCUT2D eigenvalue weighted by Gasteiger charge is 2.41. The summed E-state index contributed by atoms with van der Waals surface area (Å²) in [7, 11) is 2.85. The Hall–Kier alpha value is -1.72.